The second-order valence-corrected chi connectivity index (χ2v) is 9.53. The van der Waals surface area contributed by atoms with E-state index in [4.69, 9.17) is 4.98 Å². The number of nitrogens with zero attached hydrogens (tertiary/aromatic N) is 5. The van der Waals surface area contributed by atoms with Crippen molar-refractivity contribution in [3.8, 4) is 22.0 Å². The van der Waals surface area contributed by atoms with Crippen LogP contribution in [-0.4, -0.2) is 32.8 Å². The lowest BCUT2D eigenvalue weighted by molar-refractivity contribution is 0.731. The maximum atomic E-state index is 4.84. The van der Waals surface area contributed by atoms with Gasteiger partial charge in [0.2, 0.25) is 0 Å². The molecule has 4 aromatic rings. The van der Waals surface area contributed by atoms with Gasteiger partial charge in [0.1, 0.15) is 5.01 Å². The fraction of sp³-hybridized carbons (Fsp3) is 0.269. The number of thioether (sulfide) groups is 1. The van der Waals surface area contributed by atoms with Gasteiger partial charge >= 0.3 is 0 Å². The lowest BCUT2D eigenvalue weighted by atomic mass is 10.1. The molecule has 0 saturated heterocycles. The standard InChI is InChI=1S/C26H29N5S2/c1-5-15-31-24(20-11-13-23(14-12-20)30(6-2)7-3)28-29-26(31)33-18-22-17-32-25(27-22)21-10-8-9-19(4)16-21/h5,8-14,16-17H,1,6-7,15,18H2,2-4H3. The molecule has 0 aliphatic carbocycles. The van der Waals surface area contributed by atoms with Gasteiger partial charge in [-0.2, -0.15) is 0 Å². The Kier molecular flexibility index (Phi) is 7.62. The molecule has 7 heteroatoms. The normalized spacial score (nSPS) is 11.0. The van der Waals surface area contributed by atoms with Gasteiger partial charge in [-0.15, -0.1) is 28.1 Å². The van der Waals surface area contributed by atoms with E-state index in [-0.39, 0.29) is 0 Å². The number of allylic oxidation sites excluding steroid dienone is 1. The van der Waals surface area contributed by atoms with Crippen LogP contribution in [0.2, 0.25) is 0 Å². The first-order valence-electron chi connectivity index (χ1n) is 11.2. The number of aromatic nitrogens is 4. The van der Waals surface area contributed by atoms with E-state index in [1.807, 2.05) is 6.08 Å². The third-order valence-corrected chi connectivity index (χ3v) is 7.39. The van der Waals surface area contributed by atoms with Crippen molar-refractivity contribution in [3.63, 3.8) is 0 Å². The van der Waals surface area contributed by atoms with Crippen molar-refractivity contribution in [2.24, 2.45) is 0 Å². The third-order valence-electron chi connectivity index (χ3n) is 5.45. The Balaban J connectivity index is 1.51. The smallest absolute Gasteiger partial charge is 0.192 e. The largest absolute Gasteiger partial charge is 0.372 e. The SMILES string of the molecule is C=CCn1c(SCc2csc(-c3cccc(C)c3)n2)nnc1-c1ccc(N(CC)CC)cc1. The summed E-state index contributed by atoms with van der Waals surface area (Å²) in [7, 11) is 0. The molecule has 170 valence electrons. The van der Waals surface area contributed by atoms with E-state index in [0.29, 0.717) is 6.54 Å². The highest BCUT2D eigenvalue weighted by Crippen LogP contribution is 2.30. The van der Waals surface area contributed by atoms with Crippen molar-refractivity contribution < 1.29 is 0 Å². The van der Waals surface area contributed by atoms with Crippen molar-refractivity contribution in [1.82, 2.24) is 19.7 Å². The first kappa shape index (κ1) is 23.3. The molecule has 33 heavy (non-hydrogen) atoms. The Morgan fingerprint density at radius 2 is 1.85 bits per heavy atom. The average molecular weight is 476 g/mol. The zero-order chi connectivity index (χ0) is 23.2. The van der Waals surface area contributed by atoms with Crippen LogP contribution < -0.4 is 4.90 Å². The maximum absolute atomic E-state index is 4.84. The van der Waals surface area contributed by atoms with Crippen molar-refractivity contribution in [1.29, 1.82) is 0 Å². The Hall–Kier alpha value is -2.90. The van der Waals surface area contributed by atoms with E-state index in [0.717, 1.165) is 46.1 Å². The molecule has 0 N–H and O–H groups in total. The Morgan fingerprint density at radius 3 is 2.55 bits per heavy atom. The predicted octanol–water partition coefficient (Wildman–Crippen LogP) is 6.70. The van der Waals surface area contributed by atoms with Crippen molar-refractivity contribution in [3.05, 3.63) is 77.8 Å². The first-order valence-corrected chi connectivity index (χ1v) is 13.0. The molecule has 4 rings (SSSR count). The van der Waals surface area contributed by atoms with E-state index in [2.05, 4.69) is 101 Å². The highest BCUT2D eigenvalue weighted by Gasteiger charge is 2.15. The molecule has 0 radical (unpaired) electrons. The summed E-state index contributed by atoms with van der Waals surface area (Å²) in [5.74, 6) is 1.61. The molecule has 0 saturated carbocycles. The van der Waals surface area contributed by atoms with Gasteiger partial charge in [-0.1, -0.05) is 41.6 Å². The van der Waals surface area contributed by atoms with Crippen LogP contribution >= 0.6 is 23.1 Å². The molecule has 0 spiro atoms. The van der Waals surface area contributed by atoms with E-state index < -0.39 is 0 Å². The Morgan fingerprint density at radius 1 is 1.06 bits per heavy atom. The number of aryl methyl sites for hydroxylation is 1. The minimum atomic E-state index is 0.661. The topological polar surface area (TPSA) is 46.8 Å². The molecule has 0 bridgehead atoms. The summed E-state index contributed by atoms with van der Waals surface area (Å²) >= 11 is 3.34. The van der Waals surface area contributed by atoms with Crippen LogP contribution in [-0.2, 0) is 12.3 Å². The molecule has 5 nitrogen and oxygen atoms in total. The van der Waals surface area contributed by atoms with E-state index in [1.54, 1.807) is 23.1 Å². The molecule has 0 unspecified atom stereocenters. The molecule has 0 fully saturated rings. The number of hydrogen-bond acceptors (Lipinski definition) is 6. The molecular weight excluding hydrogens is 446 g/mol. The predicted molar refractivity (Wildman–Crippen MR) is 141 cm³/mol. The minimum Gasteiger partial charge on any atom is -0.372 e. The van der Waals surface area contributed by atoms with Gasteiger partial charge in [-0.25, -0.2) is 4.98 Å². The lowest BCUT2D eigenvalue weighted by Gasteiger charge is -2.21. The highest BCUT2D eigenvalue weighted by atomic mass is 32.2. The number of benzene rings is 2. The quantitative estimate of drug-likeness (QED) is 0.189. The molecular formula is C26H29N5S2. The van der Waals surface area contributed by atoms with Crippen LogP contribution in [0.3, 0.4) is 0 Å². The van der Waals surface area contributed by atoms with Crippen LogP contribution in [0.4, 0.5) is 5.69 Å². The second-order valence-electron chi connectivity index (χ2n) is 7.73. The number of thiazole rings is 1. The molecule has 0 amide bonds. The van der Waals surface area contributed by atoms with Gasteiger partial charge in [0.05, 0.1) is 5.69 Å². The number of rotatable bonds is 10. The van der Waals surface area contributed by atoms with Gasteiger partial charge in [-0.3, -0.25) is 4.57 Å². The summed E-state index contributed by atoms with van der Waals surface area (Å²) in [5.41, 5.74) is 5.75. The van der Waals surface area contributed by atoms with E-state index in [9.17, 15) is 0 Å². The van der Waals surface area contributed by atoms with Gasteiger partial charge < -0.3 is 4.90 Å². The summed E-state index contributed by atoms with van der Waals surface area (Å²) in [4.78, 5) is 7.17. The summed E-state index contributed by atoms with van der Waals surface area (Å²) < 4.78 is 2.12. The van der Waals surface area contributed by atoms with Crippen molar-refractivity contribution in [2.45, 2.75) is 38.2 Å². The van der Waals surface area contributed by atoms with Crippen LogP contribution in [0.1, 0.15) is 25.1 Å². The summed E-state index contributed by atoms with van der Waals surface area (Å²) in [6, 6.07) is 17.0. The fourth-order valence-corrected chi connectivity index (χ4v) is 5.50. The zero-order valence-electron chi connectivity index (χ0n) is 19.4. The maximum Gasteiger partial charge on any atom is 0.192 e. The van der Waals surface area contributed by atoms with Crippen LogP contribution in [0.15, 0.2) is 71.7 Å². The summed E-state index contributed by atoms with van der Waals surface area (Å²) in [6.45, 7) is 13.0. The Labute approximate surface area is 204 Å². The third kappa shape index (κ3) is 5.37. The first-order chi connectivity index (χ1) is 16.1. The average Bonchev–Trinajstić information content (AvgIpc) is 3.47. The molecule has 2 heterocycles. The lowest BCUT2D eigenvalue weighted by Crippen LogP contribution is -2.21. The van der Waals surface area contributed by atoms with Crippen LogP contribution in [0.5, 0.6) is 0 Å². The van der Waals surface area contributed by atoms with Crippen LogP contribution in [0.25, 0.3) is 22.0 Å². The highest BCUT2D eigenvalue weighted by molar-refractivity contribution is 7.98. The molecule has 0 aliphatic rings. The summed E-state index contributed by atoms with van der Waals surface area (Å²) in [6.07, 6.45) is 1.89. The zero-order valence-corrected chi connectivity index (χ0v) is 21.0. The molecule has 0 atom stereocenters. The van der Waals surface area contributed by atoms with E-state index >= 15 is 0 Å². The van der Waals surface area contributed by atoms with Crippen molar-refractivity contribution >= 4 is 28.8 Å². The Bertz CT molecular complexity index is 1210. The molecule has 2 aromatic heterocycles. The van der Waals surface area contributed by atoms with Crippen LogP contribution in [0, 0.1) is 6.92 Å². The number of hydrogen-bond donors (Lipinski definition) is 0. The van der Waals surface area contributed by atoms with Gasteiger partial charge in [0.25, 0.3) is 0 Å². The summed E-state index contributed by atoms with van der Waals surface area (Å²) in [5, 5.41) is 13.1. The number of anilines is 1. The molecule has 0 aliphatic heterocycles. The molecule has 2 aromatic carbocycles. The minimum absolute atomic E-state index is 0.661. The monoisotopic (exact) mass is 475 g/mol. The second kappa shape index (κ2) is 10.8. The van der Waals surface area contributed by atoms with Crippen molar-refractivity contribution in [2.75, 3.05) is 18.0 Å². The van der Waals surface area contributed by atoms with E-state index in [1.165, 1.54) is 16.8 Å². The van der Waals surface area contributed by atoms with Gasteiger partial charge in [0, 0.05) is 47.6 Å². The fourth-order valence-electron chi connectivity index (χ4n) is 3.74. The van der Waals surface area contributed by atoms with Gasteiger partial charge in [-0.05, 0) is 51.1 Å². The van der Waals surface area contributed by atoms with Gasteiger partial charge in [0.15, 0.2) is 11.0 Å².